The van der Waals surface area contributed by atoms with Crippen LogP contribution in [0.2, 0.25) is 0 Å². The molecule has 0 bridgehead atoms. The number of ether oxygens (including phenoxy) is 1. The lowest BCUT2D eigenvalue weighted by molar-refractivity contribution is 0.0953. The Morgan fingerprint density at radius 1 is 1.21 bits per heavy atom. The van der Waals surface area contributed by atoms with Crippen LogP contribution in [0.25, 0.3) is 0 Å². The van der Waals surface area contributed by atoms with Crippen LogP contribution >= 0.6 is 0 Å². The number of nitrogens with one attached hydrogen (secondary N) is 2. The number of hydrogen-bond donors (Lipinski definition) is 3. The van der Waals surface area contributed by atoms with Gasteiger partial charge in [-0.1, -0.05) is 6.07 Å². The van der Waals surface area contributed by atoms with Crippen molar-refractivity contribution in [3.63, 3.8) is 0 Å². The third kappa shape index (κ3) is 5.50. The summed E-state index contributed by atoms with van der Waals surface area (Å²) in [6, 6.07) is 6.33. The molecule has 0 spiro atoms. The van der Waals surface area contributed by atoms with E-state index in [2.05, 4.69) is 10.6 Å². The summed E-state index contributed by atoms with van der Waals surface area (Å²) >= 11 is 0. The summed E-state index contributed by atoms with van der Waals surface area (Å²) in [6.07, 6.45) is 0. The fraction of sp³-hybridized carbons (Fsp3) is 0.385. The van der Waals surface area contributed by atoms with Crippen LogP contribution < -0.4 is 16.4 Å². The molecule has 1 aromatic carbocycles. The van der Waals surface area contributed by atoms with Crippen molar-refractivity contribution in [3.05, 3.63) is 35.4 Å². The average Bonchev–Trinajstić information content (AvgIpc) is 2.42. The minimum Gasteiger partial charge on any atom is -0.383 e. The molecule has 0 atom stereocenters. The van der Waals surface area contributed by atoms with E-state index < -0.39 is 5.91 Å². The molecule has 104 valence electrons. The number of benzene rings is 1. The maximum absolute atomic E-state index is 11.8. The van der Waals surface area contributed by atoms with E-state index in [9.17, 15) is 9.59 Å². The van der Waals surface area contributed by atoms with Crippen molar-refractivity contribution in [3.8, 4) is 0 Å². The number of primary amides is 1. The summed E-state index contributed by atoms with van der Waals surface area (Å²) in [5, 5.41) is 5.86. The van der Waals surface area contributed by atoms with Crippen LogP contribution in [-0.2, 0) is 4.74 Å². The van der Waals surface area contributed by atoms with Gasteiger partial charge in [-0.05, 0) is 18.2 Å². The first-order chi connectivity index (χ1) is 9.15. The predicted octanol–water partition coefficient (Wildman–Crippen LogP) is -0.249. The molecule has 0 radical (unpaired) electrons. The van der Waals surface area contributed by atoms with Crippen LogP contribution in [0.15, 0.2) is 24.3 Å². The number of amides is 2. The first kappa shape index (κ1) is 15.1. The molecule has 6 nitrogen and oxygen atoms in total. The molecule has 1 rings (SSSR count). The number of rotatable bonds is 8. The van der Waals surface area contributed by atoms with Gasteiger partial charge >= 0.3 is 0 Å². The normalized spacial score (nSPS) is 10.2. The van der Waals surface area contributed by atoms with Crippen molar-refractivity contribution in [1.82, 2.24) is 10.6 Å². The highest BCUT2D eigenvalue weighted by Crippen LogP contribution is 2.04. The molecule has 4 N–H and O–H groups in total. The zero-order valence-electron chi connectivity index (χ0n) is 10.9. The average molecular weight is 265 g/mol. The molecule has 19 heavy (non-hydrogen) atoms. The molecule has 2 amide bonds. The van der Waals surface area contributed by atoms with Gasteiger partial charge in [0.1, 0.15) is 0 Å². The fourth-order valence-electron chi connectivity index (χ4n) is 1.48. The van der Waals surface area contributed by atoms with Crippen LogP contribution in [0.1, 0.15) is 20.7 Å². The molecule has 0 aromatic heterocycles. The monoisotopic (exact) mass is 265 g/mol. The third-order valence-electron chi connectivity index (χ3n) is 2.48. The lowest BCUT2D eigenvalue weighted by Crippen LogP contribution is -2.33. The summed E-state index contributed by atoms with van der Waals surface area (Å²) in [7, 11) is 1.63. The van der Waals surface area contributed by atoms with E-state index in [1.165, 1.54) is 6.07 Å². The Morgan fingerprint density at radius 3 is 2.63 bits per heavy atom. The van der Waals surface area contributed by atoms with Gasteiger partial charge in [-0.25, -0.2) is 0 Å². The Kier molecular flexibility index (Phi) is 6.56. The van der Waals surface area contributed by atoms with Crippen molar-refractivity contribution < 1.29 is 14.3 Å². The van der Waals surface area contributed by atoms with Gasteiger partial charge in [0.25, 0.3) is 5.91 Å². The van der Waals surface area contributed by atoms with Crippen LogP contribution in [0.3, 0.4) is 0 Å². The number of hydrogen-bond acceptors (Lipinski definition) is 4. The van der Waals surface area contributed by atoms with Crippen molar-refractivity contribution >= 4 is 11.8 Å². The van der Waals surface area contributed by atoms with E-state index in [0.717, 1.165) is 6.54 Å². The van der Waals surface area contributed by atoms with E-state index in [1.807, 2.05) is 0 Å². The Labute approximate surface area is 112 Å². The highest BCUT2D eigenvalue weighted by atomic mass is 16.5. The van der Waals surface area contributed by atoms with Gasteiger partial charge in [0, 0.05) is 37.9 Å². The SMILES string of the molecule is COCCNCCNC(=O)c1cccc(C(N)=O)c1. The van der Waals surface area contributed by atoms with Gasteiger partial charge in [0.15, 0.2) is 0 Å². The molecule has 0 fully saturated rings. The molecular formula is C13H19N3O3. The number of nitrogens with two attached hydrogens (primary N) is 1. The van der Waals surface area contributed by atoms with Crippen LogP contribution in [0, 0.1) is 0 Å². The number of carbonyl (C=O) groups is 2. The van der Waals surface area contributed by atoms with Crippen LogP contribution in [-0.4, -0.2) is 45.2 Å². The van der Waals surface area contributed by atoms with Crippen molar-refractivity contribution in [1.29, 1.82) is 0 Å². The fourth-order valence-corrected chi connectivity index (χ4v) is 1.48. The summed E-state index contributed by atoms with van der Waals surface area (Å²) in [4.78, 5) is 22.8. The Bertz CT molecular complexity index is 435. The molecule has 0 saturated carbocycles. The lowest BCUT2D eigenvalue weighted by atomic mass is 10.1. The standard InChI is InChI=1S/C13H19N3O3/c1-19-8-7-15-5-6-16-13(18)11-4-2-3-10(9-11)12(14)17/h2-4,9,15H,5-8H2,1H3,(H2,14,17)(H,16,18). The second-order valence-electron chi connectivity index (χ2n) is 3.94. The molecule has 0 heterocycles. The summed E-state index contributed by atoms with van der Waals surface area (Å²) in [6.45, 7) is 2.53. The van der Waals surface area contributed by atoms with Gasteiger partial charge in [-0.2, -0.15) is 0 Å². The largest absolute Gasteiger partial charge is 0.383 e. The molecular weight excluding hydrogens is 246 g/mol. The van der Waals surface area contributed by atoms with Crippen LogP contribution in [0.5, 0.6) is 0 Å². The van der Waals surface area contributed by atoms with E-state index in [4.69, 9.17) is 10.5 Å². The minimum atomic E-state index is -0.545. The second-order valence-corrected chi connectivity index (χ2v) is 3.94. The molecule has 0 saturated heterocycles. The molecule has 0 aliphatic heterocycles. The smallest absolute Gasteiger partial charge is 0.251 e. The number of methoxy groups -OCH3 is 1. The van der Waals surface area contributed by atoms with Crippen molar-refractivity contribution in [2.45, 2.75) is 0 Å². The predicted molar refractivity (Wildman–Crippen MR) is 72.0 cm³/mol. The van der Waals surface area contributed by atoms with Crippen molar-refractivity contribution in [2.75, 3.05) is 33.4 Å². The first-order valence-electron chi connectivity index (χ1n) is 6.03. The van der Waals surface area contributed by atoms with E-state index >= 15 is 0 Å². The van der Waals surface area contributed by atoms with Gasteiger partial charge in [-0.3, -0.25) is 9.59 Å². The summed E-state index contributed by atoms with van der Waals surface area (Å²) in [5.41, 5.74) is 5.91. The van der Waals surface area contributed by atoms with Gasteiger partial charge in [0.05, 0.1) is 6.61 Å². The Morgan fingerprint density at radius 2 is 1.95 bits per heavy atom. The topological polar surface area (TPSA) is 93.4 Å². The molecule has 0 aliphatic carbocycles. The van der Waals surface area contributed by atoms with Gasteiger partial charge in [-0.15, -0.1) is 0 Å². The summed E-state index contributed by atoms with van der Waals surface area (Å²) < 4.78 is 4.88. The van der Waals surface area contributed by atoms with Gasteiger partial charge < -0.3 is 21.1 Å². The highest BCUT2D eigenvalue weighted by Gasteiger charge is 2.07. The highest BCUT2D eigenvalue weighted by molar-refractivity contribution is 5.99. The minimum absolute atomic E-state index is 0.225. The lowest BCUT2D eigenvalue weighted by Gasteiger charge is -2.07. The van der Waals surface area contributed by atoms with E-state index in [1.54, 1.807) is 25.3 Å². The molecule has 6 heteroatoms. The quantitative estimate of drug-likeness (QED) is 0.565. The van der Waals surface area contributed by atoms with E-state index in [-0.39, 0.29) is 5.91 Å². The maximum Gasteiger partial charge on any atom is 0.251 e. The van der Waals surface area contributed by atoms with Crippen molar-refractivity contribution in [2.24, 2.45) is 5.73 Å². The second kappa shape index (κ2) is 8.23. The maximum atomic E-state index is 11.8. The molecule has 0 aliphatic rings. The van der Waals surface area contributed by atoms with Crippen LogP contribution in [0.4, 0.5) is 0 Å². The molecule has 1 aromatic rings. The van der Waals surface area contributed by atoms with Gasteiger partial charge in [0.2, 0.25) is 5.91 Å². The van der Waals surface area contributed by atoms with E-state index in [0.29, 0.717) is 30.8 Å². The molecule has 0 unspecified atom stereocenters. The number of carbonyl (C=O) groups excluding carboxylic acids is 2. The zero-order chi connectivity index (χ0) is 14.1. The first-order valence-corrected chi connectivity index (χ1v) is 6.03. The third-order valence-corrected chi connectivity index (χ3v) is 2.48. The Balaban J connectivity index is 2.37. The Hall–Kier alpha value is -1.92. The summed E-state index contributed by atoms with van der Waals surface area (Å²) in [5.74, 6) is -0.771. The zero-order valence-corrected chi connectivity index (χ0v) is 10.9.